The van der Waals surface area contributed by atoms with Crippen molar-refractivity contribution in [2.24, 2.45) is 0 Å². The zero-order chi connectivity index (χ0) is 7.11. The smallest absolute Gasteiger partial charge is 0.319 e. The Hall–Kier alpha value is -0.640. The first kappa shape index (κ1) is 8.36. The minimum atomic E-state index is -0.461. The van der Waals surface area contributed by atoms with Gasteiger partial charge in [-0.25, -0.2) is 4.39 Å². The van der Waals surface area contributed by atoms with Crippen molar-refractivity contribution in [1.82, 2.24) is 5.32 Å². The summed E-state index contributed by atoms with van der Waals surface area (Å²) in [6.07, 6.45) is 0. The van der Waals surface area contributed by atoms with Gasteiger partial charge >= 0.3 is 5.97 Å². The van der Waals surface area contributed by atoms with Gasteiger partial charge in [0.25, 0.3) is 0 Å². The van der Waals surface area contributed by atoms with E-state index < -0.39 is 6.67 Å². The van der Waals surface area contributed by atoms with Crippen molar-refractivity contribution < 1.29 is 13.9 Å². The summed E-state index contributed by atoms with van der Waals surface area (Å²) < 4.78 is 15.6. The molecule has 0 aromatic carbocycles. The molecule has 0 amide bonds. The van der Waals surface area contributed by atoms with E-state index in [-0.39, 0.29) is 19.1 Å². The molecule has 0 rings (SSSR count). The molecule has 54 valence electrons. The Morgan fingerprint density at radius 1 is 1.78 bits per heavy atom. The number of nitrogens with one attached hydrogen (secondary N) is 1. The van der Waals surface area contributed by atoms with E-state index in [0.717, 1.165) is 0 Å². The summed E-state index contributed by atoms with van der Waals surface area (Å²) in [7, 11) is 1.29. The van der Waals surface area contributed by atoms with Crippen LogP contribution in [0.5, 0.6) is 0 Å². The molecule has 0 aliphatic heterocycles. The van der Waals surface area contributed by atoms with Gasteiger partial charge in [0.2, 0.25) is 0 Å². The predicted molar refractivity (Wildman–Crippen MR) is 30.9 cm³/mol. The van der Waals surface area contributed by atoms with E-state index in [1.165, 1.54) is 7.11 Å². The fraction of sp³-hybridized carbons (Fsp3) is 0.800. The molecule has 0 aromatic rings. The van der Waals surface area contributed by atoms with Crippen LogP contribution in [0, 0.1) is 0 Å². The van der Waals surface area contributed by atoms with Crippen LogP contribution in [0.4, 0.5) is 4.39 Å². The zero-order valence-corrected chi connectivity index (χ0v) is 5.32. The van der Waals surface area contributed by atoms with Crippen LogP contribution in [0.15, 0.2) is 0 Å². The average molecular weight is 134 g/mol. The summed E-state index contributed by atoms with van der Waals surface area (Å²) in [4.78, 5) is 10.3. The number of hydrogen-bond donors (Lipinski definition) is 1. The largest absolute Gasteiger partial charge is 0.468 e. The number of methoxy groups -OCH3 is 1. The number of esters is 1. The van der Waals surface area contributed by atoms with Gasteiger partial charge in [0.15, 0.2) is 0 Å². The topological polar surface area (TPSA) is 38.3 Å². The van der Waals surface area contributed by atoms with Gasteiger partial charge in [-0.2, -0.15) is 0 Å². The molecule has 9 heavy (non-hydrogen) atoms. The van der Waals surface area contributed by atoms with E-state index >= 15 is 0 Å². The van der Waals surface area contributed by atoms with Crippen molar-refractivity contribution in [2.75, 3.05) is 26.9 Å². The second kappa shape index (κ2) is 5.50. The molecule has 0 aliphatic carbocycles. The van der Waals surface area contributed by atoms with Gasteiger partial charge in [-0.3, -0.25) is 4.79 Å². The van der Waals surface area contributed by atoms with Crippen LogP contribution in [-0.2, 0) is 9.53 Å². The Morgan fingerprint density at radius 3 is 2.89 bits per heavy atom. The summed E-state index contributed by atoms with van der Waals surface area (Å²) in [5.74, 6) is -0.372. The number of carbonyl (C=O) groups is 1. The maximum Gasteiger partial charge on any atom is 0.319 e. The molecular formula is C5H10FNO2. The van der Waals surface area contributed by atoms with Crippen LogP contribution in [-0.4, -0.2) is 32.8 Å². The Balaban J connectivity index is 2.97. The molecule has 0 aromatic heterocycles. The van der Waals surface area contributed by atoms with E-state index in [4.69, 9.17) is 0 Å². The van der Waals surface area contributed by atoms with E-state index in [2.05, 4.69) is 10.1 Å². The Kier molecular flexibility index (Phi) is 5.11. The lowest BCUT2D eigenvalue weighted by atomic mass is 10.6. The predicted octanol–water partition coefficient (Wildman–Crippen LogP) is -0.282. The van der Waals surface area contributed by atoms with Crippen molar-refractivity contribution in [3.63, 3.8) is 0 Å². The summed E-state index contributed by atoms with van der Waals surface area (Å²) >= 11 is 0. The molecule has 0 radical (unpaired) electrons. The van der Waals surface area contributed by atoms with Gasteiger partial charge in [0.05, 0.1) is 13.7 Å². The van der Waals surface area contributed by atoms with Gasteiger partial charge in [-0.1, -0.05) is 0 Å². The normalized spacial score (nSPS) is 9.11. The van der Waals surface area contributed by atoms with Crippen LogP contribution >= 0.6 is 0 Å². The molecule has 0 saturated heterocycles. The number of alkyl halides is 1. The molecule has 1 N–H and O–H groups in total. The van der Waals surface area contributed by atoms with Gasteiger partial charge in [0, 0.05) is 6.54 Å². The van der Waals surface area contributed by atoms with Crippen LogP contribution in [0.25, 0.3) is 0 Å². The average Bonchev–Trinajstić information content (AvgIpc) is 1.89. The minimum Gasteiger partial charge on any atom is -0.468 e. The lowest BCUT2D eigenvalue weighted by Gasteiger charge is -1.97. The first-order chi connectivity index (χ1) is 4.31. The molecule has 0 fully saturated rings. The van der Waals surface area contributed by atoms with Gasteiger partial charge in [-0.15, -0.1) is 0 Å². The maximum atomic E-state index is 11.3. The number of hydrogen-bond acceptors (Lipinski definition) is 3. The SMILES string of the molecule is COC(=O)CNCC[18F]. The molecule has 3 nitrogen and oxygen atoms in total. The number of rotatable bonds is 4. The van der Waals surface area contributed by atoms with E-state index in [9.17, 15) is 9.18 Å². The fourth-order valence-corrected chi connectivity index (χ4v) is 0.329. The van der Waals surface area contributed by atoms with Crippen molar-refractivity contribution in [2.45, 2.75) is 0 Å². The van der Waals surface area contributed by atoms with E-state index in [1.807, 2.05) is 0 Å². The Bertz CT molecular complexity index is 87.0. The number of carbonyl (C=O) groups excluding carboxylic acids is 1. The summed E-state index contributed by atoms with van der Waals surface area (Å²) in [5, 5.41) is 2.54. The lowest BCUT2D eigenvalue weighted by molar-refractivity contribution is -0.139. The molecule has 0 atom stereocenters. The molecule has 4 heteroatoms. The third kappa shape index (κ3) is 5.23. The molecule has 0 heterocycles. The fourth-order valence-electron chi connectivity index (χ4n) is 0.329. The highest BCUT2D eigenvalue weighted by atomic mass is 18.2. The lowest BCUT2D eigenvalue weighted by Crippen LogP contribution is -2.25. The quantitative estimate of drug-likeness (QED) is 0.424. The van der Waals surface area contributed by atoms with Crippen molar-refractivity contribution in [3.8, 4) is 0 Å². The van der Waals surface area contributed by atoms with Crippen LogP contribution in [0.1, 0.15) is 0 Å². The Labute approximate surface area is 53.2 Å². The van der Waals surface area contributed by atoms with Crippen molar-refractivity contribution in [3.05, 3.63) is 0 Å². The molecule has 0 saturated carbocycles. The monoisotopic (exact) mass is 134 g/mol. The molecular weight excluding hydrogens is 124 g/mol. The first-order valence-corrected chi connectivity index (χ1v) is 2.64. The maximum absolute atomic E-state index is 11.3. The third-order valence-electron chi connectivity index (χ3n) is 0.768. The zero-order valence-electron chi connectivity index (χ0n) is 5.32. The third-order valence-corrected chi connectivity index (χ3v) is 0.768. The van der Waals surface area contributed by atoms with Gasteiger partial charge in [-0.05, 0) is 0 Å². The van der Waals surface area contributed by atoms with Crippen LogP contribution in [0.3, 0.4) is 0 Å². The second-order valence-electron chi connectivity index (χ2n) is 1.44. The second-order valence-corrected chi connectivity index (χ2v) is 1.44. The highest BCUT2D eigenvalue weighted by Gasteiger charge is 1.95. The number of halogens is 1. The molecule has 0 bridgehead atoms. The van der Waals surface area contributed by atoms with E-state index in [0.29, 0.717) is 0 Å². The Morgan fingerprint density at radius 2 is 2.44 bits per heavy atom. The molecule has 0 spiro atoms. The van der Waals surface area contributed by atoms with Crippen LogP contribution < -0.4 is 5.32 Å². The van der Waals surface area contributed by atoms with E-state index in [1.54, 1.807) is 0 Å². The molecule has 0 aliphatic rings. The van der Waals surface area contributed by atoms with Crippen molar-refractivity contribution in [1.29, 1.82) is 0 Å². The number of ether oxygens (including phenoxy) is 1. The van der Waals surface area contributed by atoms with Gasteiger partial charge in [0.1, 0.15) is 6.67 Å². The van der Waals surface area contributed by atoms with Crippen molar-refractivity contribution >= 4 is 5.97 Å². The summed E-state index contributed by atoms with van der Waals surface area (Å²) in [5.41, 5.74) is 0. The summed E-state index contributed by atoms with van der Waals surface area (Å²) in [6, 6.07) is 0. The highest BCUT2D eigenvalue weighted by molar-refractivity contribution is 5.71. The standard InChI is InChI=1S/C5H10FNO2/c1-9-5(8)4-7-3-2-6/h7H,2-4H2,1H3/i6-1. The minimum absolute atomic E-state index is 0.0837. The first-order valence-electron chi connectivity index (χ1n) is 2.64. The highest BCUT2D eigenvalue weighted by Crippen LogP contribution is 1.69. The van der Waals surface area contributed by atoms with Gasteiger partial charge < -0.3 is 10.1 Å². The summed E-state index contributed by atoms with van der Waals surface area (Å²) in [6.45, 7) is -0.174. The van der Waals surface area contributed by atoms with Crippen LogP contribution in [0.2, 0.25) is 0 Å². The molecule has 0 unspecified atom stereocenters.